The maximum atomic E-state index is 10.0. The molecule has 1 heterocycles. The summed E-state index contributed by atoms with van der Waals surface area (Å²) in [5.74, 6) is 0.386. The highest BCUT2D eigenvalue weighted by molar-refractivity contribution is 7.09. The Hall–Kier alpha value is -1.80. The molecule has 17 heavy (non-hydrogen) atoms. The third-order valence-corrected chi connectivity index (χ3v) is 3.82. The summed E-state index contributed by atoms with van der Waals surface area (Å²) in [5, 5.41) is 14.4. The van der Waals surface area contributed by atoms with Crippen LogP contribution in [0.15, 0.2) is 53.9 Å². The normalized spacial score (nSPS) is 10.8. The molecule has 0 saturated carbocycles. The van der Waals surface area contributed by atoms with E-state index in [9.17, 15) is 5.11 Å². The van der Waals surface area contributed by atoms with Crippen molar-refractivity contribution in [2.75, 3.05) is 0 Å². The molecule has 84 valence electrons. The standard InChI is InChI=1S/C15H12OS/c16-15-8-7-11-4-1-2-6-13(11)14(15)10-12-5-3-9-17-12/h1-9,16H,10H2. The fraction of sp³-hybridized carbons (Fsp3) is 0.0667. The average Bonchev–Trinajstić information content (AvgIpc) is 2.86. The predicted molar refractivity (Wildman–Crippen MR) is 72.7 cm³/mol. The van der Waals surface area contributed by atoms with Crippen molar-refractivity contribution >= 4 is 22.1 Å². The van der Waals surface area contributed by atoms with Crippen molar-refractivity contribution in [3.8, 4) is 5.75 Å². The second kappa shape index (κ2) is 4.22. The van der Waals surface area contributed by atoms with Crippen LogP contribution in [-0.4, -0.2) is 5.11 Å². The van der Waals surface area contributed by atoms with Crippen molar-refractivity contribution in [3.63, 3.8) is 0 Å². The number of phenols is 1. The predicted octanol–water partition coefficient (Wildman–Crippen LogP) is 4.20. The zero-order chi connectivity index (χ0) is 11.7. The molecule has 0 aliphatic carbocycles. The van der Waals surface area contributed by atoms with Gasteiger partial charge < -0.3 is 5.11 Å². The smallest absolute Gasteiger partial charge is 0.119 e. The highest BCUT2D eigenvalue weighted by Crippen LogP contribution is 2.30. The molecule has 3 aromatic rings. The molecule has 0 unspecified atom stereocenters. The highest BCUT2D eigenvalue weighted by Gasteiger charge is 2.07. The first-order valence-electron chi connectivity index (χ1n) is 5.56. The molecule has 0 radical (unpaired) electrons. The molecule has 0 atom stereocenters. The highest BCUT2D eigenvalue weighted by atomic mass is 32.1. The van der Waals surface area contributed by atoms with Crippen LogP contribution in [-0.2, 0) is 6.42 Å². The minimum absolute atomic E-state index is 0.386. The van der Waals surface area contributed by atoms with Crippen LogP contribution in [0.3, 0.4) is 0 Å². The molecule has 0 saturated heterocycles. The number of rotatable bonds is 2. The van der Waals surface area contributed by atoms with E-state index in [4.69, 9.17) is 0 Å². The molecule has 0 spiro atoms. The summed E-state index contributed by atoms with van der Waals surface area (Å²) in [5.41, 5.74) is 1.02. The van der Waals surface area contributed by atoms with Crippen LogP contribution in [0, 0.1) is 0 Å². The van der Waals surface area contributed by atoms with Crippen molar-refractivity contribution in [3.05, 3.63) is 64.4 Å². The second-order valence-corrected chi connectivity index (χ2v) is 5.07. The van der Waals surface area contributed by atoms with Crippen LogP contribution in [0.1, 0.15) is 10.4 Å². The van der Waals surface area contributed by atoms with E-state index in [1.807, 2.05) is 24.3 Å². The van der Waals surface area contributed by atoms with E-state index in [-0.39, 0.29) is 0 Å². The first kappa shape index (κ1) is 10.4. The maximum Gasteiger partial charge on any atom is 0.119 e. The zero-order valence-corrected chi connectivity index (χ0v) is 10.1. The molecule has 1 N–H and O–H groups in total. The molecule has 3 rings (SSSR count). The van der Waals surface area contributed by atoms with E-state index in [0.717, 1.165) is 17.4 Å². The molecule has 2 aromatic carbocycles. The Morgan fingerprint density at radius 3 is 2.65 bits per heavy atom. The third-order valence-electron chi connectivity index (χ3n) is 2.95. The van der Waals surface area contributed by atoms with Gasteiger partial charge in [-0.15, -0.1) is 11.3 Å². The lowest BCUT2D eigenvalue weighted by Crippen LogP contribution is -1.88. The van der Waals surface area contributed by atoms with Gasteiger partial charge in [-0.25, -0.2) is 0 Å². The first-order chi connectivity index (χ1) is 8.34. The fourth-order valence-corrected chi connectivity index (χ4v) is 2.81. The van der Waals surface area contributed by atoms with E-state index in [1.165, 1.54) is 10.3 Å². The van der Waals surface area contributed by atoms with Gasteiger partial charge in [-0.2, -0.15) is 0 Å². The Labute approximate surface area is 104 Å². The molecule has 0 amide bonds. The number of hydrogen-bond donors (Lipinski definition) is 1. The van der Waals surface area contributed by atoms with Crippen LogP contribution in [0.5, 0.6) is 5.75 Å². The van der Waals surface area contributed by atoms with Crippen LogP contribution in [0.25, 0.3) is 10.8 Å². The summed E-state index contributed by atoms with van der Waals surface area (Å²) in [6.45, 7) is 0. The molecule has 0 aliphatic rings. The second-order valence-electron chi connectivity index (χ2n) is 4.04. The van der Waals surface area contributed by atoms with Gasteiger partial charge in [-0.3, -0.25) is 0 Å². The van der Waals surface area contributed by atoms with Gasteiger partial charge in [0.15, 0.2) is 0 Å². The lowest BCUT2D eigenvalue weighted by atomic mass is 10.0. The van der Waals surface area contributed by atoms with Crippen LogP contribution in [0.4, 0.5) is 0 Å². The van der Waals surface area contributed by atoms with Gasteiger partial charge in [0.25, 0.3) is 0 Å². The van der Waals surface area contributed by atoms with Crippen LogP contribution in [0.2, 0.25) is 0 Å². The zero-order valence-electron chi connectivity index (χ0n) is 9.26. The molecule has 1 nitrogen and oxygen atoms in total. The maximum absolute atomic E-state index is 10.0. The third kappa shape index (κ3) is 1.92. The molecular formula is C15H12OS. The Morgan fingerprint density at radius 2 is 1.82 bits per heavy atom. The van der Waals surface area contributed by atoms with E-state index < -0.39 is 0 Å². The molecular weight excluding hydrogens is 228 g/mol. The van der Waals surface area contributed by atoms with Gasteiger partial charge in [-0.05, 0) is 28.3 Å². The minimum Gasteiger partial charge on any atom is -0.508 e. The van der Waals surface area contributed by atoms with E-state index >= 15 is 0 Å². The molecule has 0 aliphatic heterocycles. The lowest BCUT2D eigenvalue weighted by molar-refractivity contribution is 0.471. The summed E-state index contributed by atoms with van der Waals surface area (Å²) in [7, 11) is 0. The summed E-state index contributed by atoms with van der Waals surface area (Å²) < 4.78 is 0. The first-order valence-corrected chi connectivity index (χ1v) is 6.44. The number of hydrogen-bond acceptors (Lipinski definition) is 2. The topological polar surface area (TPSA) is 20.2 Å². The Bertz CT molecular complexity index is 641. The van der Waals surface area contributed by atoms with Crippen molar-refractivity contribution < 1.29 is 5.11 Å². The summed E-state index contributed by atoms with van der Waals surface area (Å²) in [4.78, 5) is 1.27. The van der Waals surface area contributed by atoms with Gasteiger partial charge in [-0.1, -0.05) is 36.4 Å². The number of fused-ring (bicyclic) bond motifs is 1. The van der Waals surface area contributed by atoms with Gasteiger partial charge in [0.1, 0.15) is 5.75 Å². The average molecular weight is 240 g/mol. The number of phenolic OH excluding ortho intramolecular Hbond substituents is 1. The SMILES string of the molecule is Oc1ccc2ccccc2c1Cc1cccs1. The molecule has 0 fully saturated rings. The van der Waals surface area contributed by atoms with Gasteiger partial charge in [0, 0.05) is 16.9 Å². The Morgan fingerprint density at radius 1 is 0.941 bits per heavy atom. The van der Waals surface area contributed by atoms with Crippen molar-refractivity contribution in [1.82, 2.24) is 0 Å². The number of thiophene rings is 1. The van der Waals surface area contributed by atoms with Crippen molar-refractivity contribution in [2.24, 2.45) is 0 Å². The van der Waals surface area contributed by atoms with E-state index in [1.54, 1.807) is 17.4 Å². The largest absolute Gasteiger partial charge is 0.508 e. The van der Waals surface area contributed by atoms with Crippen LogP contribution < -0.4 is 0 Å². The van der Waals surface area contributed by atoms with E-state index in [0.29, 0.717) is 5.75 Å². The van der Waals surface area contributed by atoms with Crippen molar-refractivity contribution in [1.29, 1.82) is 0 Å². The Balaban J connectivity index is 2.17. The van der Waals surface area contributed by atoms with Gasteiger partial charge in [0.05, 0.1) is 0 Å². The fourth-order valence-electron chi connectivity index (χ4n) is 2.10. The van der Waals surface area contributed by atoms with Crippen LogP contribution >= 0.6 is 11.3 Å². The van der Waals surface area contributed by atoms with Crippen molar-refractivity contribution in [2.45, 2.75) is 6.42 Å². The number of aromatic hydroxyl groups is 1. The molecule has 2 heteroatoms. The lowest BCUT2D eigenvalue weighted by Gasteiger charge is -2.08. The minimum atomic E-state index is 0.386. The number of benzene rings is 2. The van der Waals surface area contributed by atoms with Gasteiger partial charge in [0.2, 0.25) is 0 Å². The quantitative estimate of drug-likeness (QED) is 0.711. The molecule has 0 bridgehead atoms. The van der Waals surface area contributed by atoms with Gasteiger partial charge >= 0.3 is 0 Å². The summed E-state index contributed by atoms with van der Waals surface area (Å²) >= 11 is 1.72. The summed E-state index contributed by atoms with van der Waals surface area (Å²) in [6, 6.07) is 16.1. The summed E-state index contributed by atoms with van der Waals surface area (Å²) in [6.07, 6.45) is 0.796. The molecule has 1 aromatic heterocycles. The Kier molecular flexibility index (Phi) is 2.57. The van der Waals surface area contributed by atoms with E-state index in [2.05, 4.69) is 23.6 Å². The monoisotopic (exact) mass is 240 g/mol.